The second kappa shape index (κ2) is 7.02. The number of hydrogen-bond acceptors (Lipinski definition) is 11. The summed E-state index contributed by atoms with van der Waals surface area (Å²) in [6.45, 7) is 4.30. The standard InChI is InChI=1S/C23H28O11/c1-8-10-5-12-22-7-32-23(20(30)31-4,17(22)15(19(29)34-12)33-9(2)24)18(28)14(27)16(22)21(10,3)6-11(25)13(8)26/h10,12,14-18,26-28H,5-7H2,1-4H3/t10?,12-,14-,15-,16?,17-,18+,21+,22-,23+/m1/s1. The van der Waals surface area contributed by atoms with Crippen molar-refractivity contribution in [3.8, 4) is 0 Å². The largest absolute Gasteiger partial charge is 0.504 e. The molecule has 11 nitrogen and oxygen atoms in total. The molecule has 3 N–H and O–H groups in total. The SMILES string of the molecule is COC(=O)[C@@]12OC[C@]34C([C@@H](O)[C@@H]1O)[C@@]1(C)CC(=O)C(O)=C(C)C1C[C@H]3OC(=O)[C@H](OC(C)=O)[C@@H]24. The van der Waals surface area contributed by atoms with Gasteiger partial charge in [0.15, 0.2) is 11.5 Å². The molecule has 0 radical (unpaired) electrons. The third kappa shape index (κ3) is 2.42. The van der Waals surface area contributed by atoms with Crippen LogP contribution in [-0.4, -0.2) is 82.7 Å². The van der Waals surface area contributed by atoms with Gasteiger partial charge in [0.1, 0.15) is 12.2 Å². The Hall–Kier alpha value is -2.50. The van der Waals surface area contributed by atoms with Crippen LogP contribution >= 0.6 is 0 Å². The molecule has 2 saturated heterocycles. The lowest BCUT2D eigenvalue weighted by Gasteiger charge is -2.67. The van der Waals surface area contributed by atoms with E-state index in [1.54, 1.807) is 13.8 Å². The molecule has 10 atom stereocenters. The van der Waals surface area contributed by atoms with Crippen LogP contribution in [0.15, 0.2) is 11.3 Å². The van der Waals surface area contributed by atoms with Crippen molar-refractivity contribution in [3.05, 3.63) is 11.3 Å². The summed E-state index contributed by atoms with van der Waals surface area (Å²) < 4.78 is 22.0. The van der Waals surface area contributed by atoms with E-state index in [4.69, 9.17) is 18.9 Å². The molecule has 5 rings (SSSR count). The number of rotatable bonds is 2. The fraction of sp³-hybridized carbons (Fsp3) is 0.739. The topological polar surface area (TPSA) is 166 Å². The van der Waals surface area contributed by atoms with Crippen molar-refractivity contribution < 1.29 is 53.4 Å². The molecule has 2 unspecified atom stereocenters. The van der Waals surface area contributed by atoms with Gasteiger partial charge in [-0.1, -0.05) is 6.92 Å². The number of carbonyl (C=O) groups is 4. The molecular weight excluding hydrogens is 452 g/mol. The van der Waals surface area contributed by atoms with Gasteiger partial charge in [0.2, 0.25) is 11.7 Å². The van der Waals surface area contributed by atoms with E-state index < -0.39 is 82.3 Å². The number of esters is 3. The smallest absolute Gasteiger partial charge is 0.348 e. The van der Waals surface area contributed by atoms with Gasteiger partial charge in [-0.25, -0.2) is 9.59 Å². The van der Waals surface area contributed by atoms with E-state index in [0.29, 0.717) is 5.57 Å². The second-order valence-corrected chi connectivity index (χ2v) is 10.5. The molecule has 2 saturated carbocycles. The zero-order valence-electron chi connectivity index (χ0n) is 19.3. The molecule has 5 aliphatic rings. The predicted octanol–water partition coefficient (Wildman–Crippen LogP) is -0.429. The molecule has 1 spiro atoms. The highest BCUT2D eigenvalue weighted by atomic mass is 16.6. The average Bonchev–Trinajstić information content (AvgIpc) is 3.08. The number of ketones is 1. The fourth-order valence-corrected chi connectivity index (χ4v) is 8.03. The zero-order chi connectivity index (χ0) is 25.0. The average molecular weight is 480 g/mol. The van der Waals surface area contributed by atoms with Crippen molar-refractivity contribution in [1.82, 2.24) is 0 Å². The van der Waals surface area contributed by atoms with E-state index in [1.165, 1.54) is 0 Å². The van der Waals surface area contributed by atoms with Gasteiger partial charge >= 0.3 is 17.9 Å². The lowest BCUT2D eigenvalue weighted by Crippen LogP contribution is -2.79. The van der Waals surface area contributed by atoms with E-state index in [2.05, 4.69) is 0 Å². The van der Waals surface area contributed by atoms with Gasteiger partial charge in [-0.3, -0.25) is 9.59 Å². The van der Waals surface area contributed by atoms with Crippen LogP contribution in [0.5, 0.6) is 0 Å². The van der Waals surface area contributed by atoms with Crippen LogP contribution in [0.1, 0.15) is 33.6 Å². The summed E-state index contributed by atoms with van der Waals surface area (Å²) in [5.74, 6) is -6.15. The molecule has 0 aromatic rings. The monoisotopic (exact) mass is 480 g/mol. The maximum absolute atomic E-state index is 13.1. The van der Waals surface area contributed by atoms with Gasteiger partial charge in [-0.05, 0) is 30.3 Å². The molecule has 186 valence electrons. The predicted molar refractivity (Wildman–Crippen MR) is 109 cm³/mol. The minimum Gasteiger partial charge on any atom is -0.504 e. The van der Waals surface area contributed by atoms with Crippen LogP contribution in [0, 0.1) is 28.6 Å². The third-order valence-electron chi connectivity index (χ3n) is 9.13. The van der Waals surface area contributed by atoms with Crippen LogP contribution in [0.2, 0.25) is 0 Å². The summed E-state index contributed by atoms with van der Waals surface area (Å²) in [7, 11) is 1.09. The Morgan fingerprint density at radius 3 is 2.47 bits per heavy atom. The summed E-state index contributed by atoms with van der Waals surface area (Å²) in [6.07, 6.45) is -5.85. The van der Waals surface area contributed by atoms with Crippen molar-refractivity contribution in [2.75, 3.05) is 13.7 Å². The van der Waals surface area contributed by atoms with Crippen LogP contribution in [0.3, 0.4) is 0 Å². The summed E-state index contributed by atoms with van der Waals surface area (Å²) in [5, 5.41) is 33.3. The summed E-state index contributed by atoms with van der Waals surface area (Å²) >= 11 is 0. The van der Waals surface area contributed by atoms with Crippen molar-refractivity contribution in [1.29, 1.82) is 0 Å². The van der Waals surface area contributed by atoms with Gasteiger partial charge in [0.25, 0.3) is 0 Å². The molecule has 2 heterocycles. The number of aliphatic hydroxyl groups excluding tert-OH is 3. The Kier molecular flexibility index (Phi) is 4.80. The normalized spacial score (nSPS) is 49.1. The second-order valence-electron chi connectivity index (χ2n) is 10.5. The zero-order valence-corrected chi connectivity index (χ0v) is 19.3. The van der Waals surface area contributed by atoms with Crippen molar-refractivity contribution >= 4 is 23.7 Å². The fourth-order valence-electron chi connectivity index (χ4n) is 8.03. The summed E-state index contributed by atoms with van der Waals surface area (Å²) in [5.41, 5.74) is -4.02. The van der Waals surface area contributed by atoms with Gasteiger partial charge in [-0.15, -0.1) is 0 Å². The number of allylic oxidation sites excluding steroid dienone is 2. The highest BCUT2D eigenvalue weighted by molar-refractivity contribution is 5.95. The van der Waals surface area contributed by atoms with E-state index in [-0.39, 0.29) is 25.2 Å². The molecule has 3 aliphatic carbocycles. The van der Waals surface area contributed by atoms with Crippen molar-refractivity contribution in [2.24, 2.45) is 28.6 Å². The highest BCUT2D eigenvalue weighted by Crippen LogP contribution is 2.72. The first-order valence-corrected chi connectivity index (χ1v) is 11.3. The Labute approximate surface area is 195 Å². The molecule has 0 aromatic heterocycles. The van der Waals surface area contributed by atoms with E-state index in [9.17, 15) is 34.5 Å². The number of fused-ring (bicyclic) bond motifs is 2. The Morgan fingerprint density at radius 1 is 1.18 bits per heavy atom. The molecule has 0 amide bonds. The Bertz CT molecular complexity index is 1030. The molecule has 2 bridgehead atoms. The first-order valence-electron chi connectivity index (χ1n) is 11.3. The molecule has 4 fully saturated rings. The number of aliphatic hydroxyl groups is 3. The van der Waals surface area contributed by atoms with Crippen LogP contribution in [-0.2, 0) is 38.1 Å². The first kappa shape index (κ1) is 23.3. The molecule has 2 aliphatic heterocycles. The third-order valence-corrected chi connectivity index (χ3v) is 9.13. The van der Waals surface area contributed by atoms with Gasteiger partial charge in [-0.2, -0.15) is 0 Å². The number of methoxy groups -OCH3 is 1. The minimum absolute atomic E-state index is 0.131. The van der Waals surface area contributed by atoms with Crippen molar-refractivity contribution in [3.63, 3.8) is 0 Å². The highest BCUT2D eigenvalue weighted by Gasteiger charge is 2.85. The number of hydrogen-bond donors (Lipinski definition) is 3. The maximum atomic E-state index is 13.1. The van der Waals surface area contributed by atoms with E-state index in [1.807, 2.05) is 0 Å². The summed E-state index contributed by atoms with van der Waals surface area (Å²) in [4.78, 5) is 50.9. The van der Waals surface area contributed by atoms with Crippen molar-refractivity contribution in [2.45, 2.75) is 63.6 Å². The molecule has 11 heteroatoms. The molecular formula is C23H28O11. The lowest BCUT2D eigenvalue weighted by atomic mass is 9.38. The summed E-state index contributed by atoms with van der Waals surface area (Å²) in [6, 6.07) is 0. The Morgan fingerprint density at radius 2 is 1.85 bits per heavy atom. The maximum Gasteiger partial charge on any atom is 0.348 e. The quantitative estimate of drug-likeness (QED) is 0.347. The molecule has 34 heavy (non-hydrogen) atoms. The Balaban J connectivity index is 1.78. The number of Topliss-reactive ketones (excluding diaryl/α,β-unsaturated/α-hetero) is 1. The number of ether oxygens (including phenoxy) is 4. The van der Waals surface area contributed by atoms with Crippen LogP contribution in [0.4, 0.5) is 0 Å². The van der Waals surface area contributed by atoms with Gasteiger partial charge < -0.3 is 34.3 Å². The van der Waals surface area contributed by atoms with Crippen LogP contribution in [0.25, 0.3) is 0 Å². The van der Waals surface area contributed by atoms with E-state index >= 15 is 0 Å². The lowest BCUT2D eigenvalue weighted by molar-refractivity contribution is -0.290. The van der Waals surface area contributed by atoms with Gasteiger partial charge in [0, 0.05) is 24.7 Å². The van der Waals surface area contributed by atoms with Gasteiger partial charge in [0.05, 0.1) is 25.7 Å². The number of carbonyl (C=O) groups excluding carboxylic acids is 4. The minimum atomic E-state index is -2.18. The van der Waals surface area contributed by atoms with Crippen LogP contribution < -0.4 is 0 Å². The first-order chi connectivity index (χ1) is 15.9. The van der Waals surface area contributed by atoms with E-state index in [0.717, 1.165) is 14.0 Å². The molecule has 0 aromatic carbocycles.